The maximum atomic E-state index is 13.2. The zero-order chi connectivity index (χ0) is 25.5. The predicted octanol–water partition coefficient (Wildman–Crippen LogP) is 4.29. The number of allylic oxidation sites excluding steroid dienone is 4. The van der Waals surface area contributed by atoms with Crippen LogP contribution < -0.4 is 20.9 Å². The number of dihydropyridines is 1. The van der Waals surface area contributed by atoms with Crippen molar-refractivity contribution < 1.29 is 22.3 Å². The van der Waals surface area contributed by atoms with Crippen LogP contribution in [-0.2, 0) is 20.3 Å². The summed E-state index contributed by atoms with van der Waals surface area (Å²) >= 11 is 6.49. The summed E-state index contributed by atoms with van der Waals surface area (Å²) in [5, 5.41) is 12.9. The minimum absolute atomic E-state index is 0.00565. The number of imidazole rings is 1. The van der Waals surface area contributed by atoms with Crippen LogP contribution in [0.5, 0.6) is 5.75 Å². The van der Waals surface area contributed by atoms with Crippen LogP contribution >= 0.6 is 11.6 Å². The minimum Gasteiger partial charge on any atom is -0.450 e. The second-order valence-electron chi connectivity index (χ2n) is 7.32. The number of halogens is 5. The Morgan fingerprint density at radius 3 is 2.69 bits per heavy atom. The molecule has 0 bridgehead atoms. The van der Waals surface area contributed by atoms with E-state index in [0.29, 0.717) is 18.0 Å². The first-order valence-electron chi connectivity index (χ1n) is 9.78. The first kappa shape index (κ1) is 24.0. The average molecular weight is 510 g/mol. The molecule has 0 unspecified atom stereocenters. The summed E-state index contributed by atoms with van der Waals surface area (Å²) in [6, 6.07) is 0.690. The highest BCUT2D eigenvalue weighted by Gasteiger charge is 2.32. The van der Waals surface area contributed by atoms with Gasteiger partial charge >= 0.3 is 6.18 Å². The molecule has 0 amide bonds. The van der Waals surface area contributed by atoms with E-state index in [0.717, 1.165) is 17.0 Å². The van der Waals surface area contributed by atoms with E-state index < -0.39 is 23.1 Å². The molecule has 3 N–H and O–H groups in total. The molecule has 182 valence electrons. The third kappa shape index (κ3) is 4.62. The van der Waals surface area contributed by atoms with Gasteiger partial charge in [-0.05, 0) is 18.2 Å². The van der Waals surface area contributed by atoms with Gasteiger partial charge in [-0.3, -0.25) is 4.79 Å². The third-order valence-corrected chi connectivity index (χ3v) is 5.32. The molecule has 14 heteroatoms. The number of fused-ring (bicyclic) bond motifs is 1. The molecular formula is C21H16ClF4N7O2. The minimum atomic E-state index is -4.66. The molecule has 0 saturated carbocycles. The van der Waals surface area contributed by atoms with E-state index in [9.17, 15) is 22.4 Å². The lowest BCUT2D eigenvalue weighted by atomic mass is 10.2. The van der Waals surface area contributed by atoms with Crippen molar-refractivity contribution in [2.24, 2.45) is 14.1 Å². The van der Waals surface area contributed by atoms with Crippen molar-refractivity contribution in [2.75, 3.05) is 5.32 Å². The highest BCUT2D eigenvalue weighted by atomic mass is 35.5. The van der Waals surface area contributed by atoms with Crippen LogP contribution in [0.25, 0.3) is 11.2 Å². The zero-order valence-electron chi connectivity index (χ0n) is 18.0. The Hall–Kier alpha value is -4.13. The number of hydrogen-bond donors (Lipinski definition) is 3. The van der Waals surface area contributed by atoms with Gasteiger partial charge in [-0.15, -0.1) is 0 Å². The molecule has 0 spiro atoms. The lowest BCUT2D eigenvalue weighted by Gasteiger charge is -2.14. The quantitative estimate of drug-likeness (QED) is 0.269. The number of aromatic nitrogens is 4. The van der Waals surface area contributed by atoms with E-state index >= 15 is 0 Å². The van der Waals surface area contributed by atoms with Crippen molar-refractivity contribution >= 4 is 40.6 Å². The van der Waals surface area contributed by atoms with Crippen LogP contribution in [-0.4, -0.2) is 25.3 Å². The van der Waals surface area contributed by atoms with E-state index in [2.05, 4.69) is 20.6 Å². The fraction of sp³-hybridized carbons (Fsp3) is 0.143. The van der Waals surface area contributed by atoms with E-state index in [1.165, 1.54) is 37.0 Å². The van der Waals surface area contributed by atoms with Crippen molar-refractivity contribution in [3.8, 4) is 5.75 Å². The number of rotatable bonds is 5. The van der Waals surface area contributed by atoms with E-state index in [-0.39, 0.29) is 39.3 Å². The first-order chi connectivity index (χ1) is 16.5. The summed E-state index contributed by atoms with van der Waals surface area (Å²) in [6.07, 6.45) is 1.82. The standard InChI is InChI=1S/C21H16ClF4N7O2/c1-32-9-10(21(24,25)26)5-13(19(32)34)30-20-31-18-17(33(20)2)16(22)15(8-29-18)35-14(6-27)12-4-3-11(23)7-28-12/h3-9,27-28H,1-2H3,(H,29,30,31)/b14-12+,27-6?. The van der Waals surface area contributed by atoms with Crippen LogP contribution in [0.4, 0.5) is 29.2 Å². The molecule has 0 radical (unpaired) electrons. The van der Waals surface area contributed by atoms with Crippen molar-refractivity contribution in [1.82, 2.24) is 24.4 Å². The molecular weight excluding hydrogens is 494 g/mol. The molecule has 4 heterocycles. The van der Waals surface area contributed by atoms with E-state index in [4.69, 9.17) is 21.7 Å². The van der Waals surface area contributed by atoms with E-state index in [1.807, 2.05) is 0 Å². The van der Waals surface area contributed by atoms with Gasteiger partial charge < -0.3 is 29.9 Å². The maximum absolute atomic E-state index is 13.2. The number of aryl methyl sites for hydroxylation is 2. The number of anilines is 2. The van der Waals surface area contributed by atoms with Crippen molar-refractivity contribution in [1.29, 1.82) is 5.41 Å². The maximum Gasteiger partial charge on any atom is 0.417 e. The monoisotopic (exact) mass is 509 g/mol. The third-order valence-electron chi connectivity index (χ3n) is 4.95. The van der Waals surface area contributed by atoms with Crippen LogP contribution in [0.1, 0.15) is 5.56 Å². The van der Waals surface area contributed by atoms with Gasteiger partial charge in [-0.1, -0.05) is 11.6 Å². The van der Waals surface area contributed by atoms with Gasteiger partial charge in [0.05, 0.1) is 23.7 Å². The zero-order valence-corrected chi connectivity index (χ0v) is 18.8. The van der Waals surface area contributed by atoms with Gasteiger partial charge in [0.2, 0.25) is 5.95 Å². The molecule has 3 aromatic heterocycles. The largest absolute Gasteiger partial charge is 0.450 e. The Balaban J connectivity index is 1.72. The topological polar surface area (TPSA) is 110 Å². The highest BCUT2D eigenvalue weighted by molar-refractivity contribution is 6.36. The van der Waals surface area contributed by atoms with Crippen LogP contribution in [0.15, 0.2) is 58.9 Å². The smallest absolute Gasteiger partial charge is 0.417 e. The number of hydrogen-bond acceptors (Lipinski definition) is 7. The summed E-state index contributed by atoms with van der Waals surface area (Å²) in [4.78, 5) is 20.8. The number of alkyl halides is 3. The van der Waals surface area contributed by atoms with Gasteiger partial charge in [0.25, 0.3) is 5.56 Å². The molecule has 1 aliphatic heterocycles. The van der Waals surface area contributed by atoms with E-state index in [1.54, 1.807) is 0 Å². The van der Waals surface area contributed by atoms with Crippen molar-refractivity contribution in [3.05, 3.63) is 75.0 Å². The summed E-state index contributed by atoms with van der Waals surface area (Å²) in [5.41, 5.74) is -1.39. The van der Waals surface area contributed by atoms with Gasteiger partial charge in [0.1, 0.15) is 22.1 Å². The number of pyridine rings is 2. The van der Waals surface area contributed by atoms with Crippen molar-refractivity contribution in [3.63, 3.8) is 0 Å². The fourth-order valence-corrected chi connectivity index (χ4v) is 3.51. The predicted molar refractivity (Wildman–Crippen MR) is 121 cm³/mol. The van der Waals surface area contributed by atoms with Gasteiger partial charge in [-0.25, -0.2) is 9.37 Å². The normalized spacial score (nSPS) is 15.0. The molecule has 0 aliphatic carbocycles. The van der Waals surface area contributed by atoms with Crippen molar-refractivity contribution in [2.45, 2.75) is 6.18 Å². The number of nitrogens with one attached hydrogen (secondary N) is 3. The summed E-state index contributed by atoms with van der Waals surface area (Å²) in [5.74, 6) is -0.447. The van der Waals surface area contributed by atoms with Gasteiger partial charge in [0, 0.05) is 26.5 Å². The molecule has 3 aromatic rings. The first-order valence-corrected chi connectivity index (χ1v) is 10.2. The summed E-state index contributed by atoms with van der Waals surface area (Å²) in [7, 11) is 2.72. The molecule has 0 atom stereocenters. The lowest BCUT2D eigenvalue weighted by molar-refractivity contribution is -0.138. The highest BCUT2D eigenvalue weighted by Crippen LogP contribution is 2.35. The molecule has 1 aliphatic rings. The average Bonchev–Trinajstić information content (AvgIpc) is 3.12. The second-order valence-corrected chi connectivity index (χ2v) is 7.69. The summed E-state index contributed by atoms with van der Waals surface area (Å²) < 4.78 is 60.7. The lowest BCUT2D eigenvalue weighted by Crippen LogP contribution is -2.23. The molecule has 0 saturated heterocycles. The molecule has 9 nitrogen and oxygen atoms in total. The van der Waals surface area contributed by atoms with Gasteiger partial charge in [-0.2, -0.15) is 18.2 Å². The van der Waals surface area contributed by atoms with Crippen LogP contribution in [0.3, 0.4) is 0 Å². The van der Waals surface area contributed by atoms with Crippen LogP contribution in [0, 0.1) is 5.41 Å². The Kier molecular flexibility index (Phi) is 6.11. The Morgan fingerprint density at radius 1 is 1.31 bits per heavy atom. The molecule has 0 aromatic carbocycles. The Morgan fingerprint density at radius 2 is 2.06 bits per heavy atom. The second kappa shape index (κ2) is 8.91. The molecule has 0 fully saturated rings. The number of nitrogens with zero attached hydrogens (tertiary/aromatic N) is 4. The molecule has 35 heavy (non-hydrogen) atoms. The van der Waals surface area contributed by atoms with Crippen LogP contribution in [0.2, 0.25) is 5.02 Å². The Labute approximate surface area is 199 Å². The molecule has 4 rings (SSSR count). The summed E-state index contributed by atoms with van der Waals surface area (Å²) in [6.45, 7) is 0. The van der Waals surface area contributed by atoms with Gasteiger partial charge in [0.15, 0.2) is 17.2 Å². The Bertz CT molecular complexity index is 1500. The SMILES string of the molecule is Cn1cc(C(F)(F)F)cc(Nc2nc3ncc(O/C(C=N)=C4\C=CC(F)=CN4)c(Cl)c3n2C)c1=O. The fourth-order valence-electron chi connectivity index (χ4n) is 3.21. The number of ether oxygens (including phenoxy) is 1.